The fourth-order valence-corrected chi connectivity index (χ4v) is 2.24. The van der Waals surface area contributed by atoms with Crippen LogP contribution in [0.5, 0.6) is 5.75 Å². The number of hydrogen-bond donors (Lipinski definition) is 1. The van der Waals surface area contributed by atoms with Crippen LogP contribution in [0.1, 0.15) is 12.6 Å². The molecule has 2 aromatic rings. The topological polar surface area (TPSA) is 61.3 Å². The van der Waals surface area contributed by atoms with E-state index in [4.69, 9.17) is 14.9 Å². The molecule has 0 radical (unpaired) electrons. The summed E-state index contributed by atoms with van der Waals surface area (Å²) < 4.78 is 10.7. The van der Waals surface area contributed by atoms with Gasteiger partial charge in [-0.25, -0.2) is 4.98 Å². The molecule has 0 spiro atoms. The number of benzene rings is 1. The van der Waals surface area contributed by atoms with Crippen LogP contribution in [0.2, 0.25) is 0 Å². The van der Waals surface area contributed by atoms with Gasteiger partial charge in [0.05, 0.1) is 12.3 Å². The fourth-order valence-electron chi connectivity index (χ4n) is 1.38. The Hall–Kier alpha value is -1.62. The molecular weight excluding hydrogens is 236 g/mol. The molecule has 0 atom stereocenters. The Labute approximate surface area is 104 Å². The van der Waals surface area contributed by atoms with Crippen molar-refractivity contribution in [3.05, 3.63) is 30.2 Å². The number of oxazole rings is 1. The first-order valence-corrected chi connectivity index (χ1v) is 6.12. The monoisotopic (exact) mass is 250 g/mol. The summed E-state index contributed by atoms with van der Waals surface area (Å²) in [5, 5.41) is 0.607. The van der Waals surface area contributed by atoms with Gasteiger partial charge < -0.3 is 14.9 Å². The molecule has 0 saturated carbocycles. The van der Waals surface area contributed by atoms with Crippen molar-refractivity contribution in [1.82, 2.24) is 4.98 Å². The number of aromatic nitrogens is 1. The minimum Gasteiger partial charge on any atom is -0.494 e. The van der Waals surface area contributed by atoms with Crippen LogP contribution >= 0.6 is 11.8 Å². The van der Waals surface area contributed by atoms with E-state index in [1.165, 1.54) is 11.8 Å². The van der Waals surface area contributed by atoms with Crippen LogP contribution in [0.25, 0.3) is 0 Å². The summed E-state index contributed by atoms with van der Waals surface area (Å²) in [5.41, 5.74) is 7.33. The number of anilines is 1. The van der Waals surface area contributed by atoms with E-state index in [-0.39, 0.29) is 0 Å². The zero-order valence-corrected chi connectivity index (χ0v) is 10.6. The molecule has 0 amide bonds. The lowest BCUT2D eigenvalue weighted by Gasteiger charge is -2.06. The SMILES string of the molecule is CCOc1cc(N)cc(Sc2nc(C)co2)c1. The lowest BCUT2D eigenvalue weighted by Crippen LogP contribution is -1.93. The lowest BCUT2D eigenvalue weighted by atomic mass is 10.3. The Balaban J connectivity index is 2.20. The van der Waals surface area contributed by atoms with E-state index < -0.39 is 0 Å². The highest BCUT2D eigenvalue weighted by Gasteiger charge is 2.06. The van der Waals surface area contributed by atoms with Gasteiger partial charge in [-0.15, -0.1) is 0 Å². The first-order chi connectivity index (χ1) is 8.17. The third kappa shape index (κ3) is 3.17. The minimum absolute atomic E-state index is 0.607. The summed E-state index contributed by atoms with van der Waals surface area (Å²) in [6.45, 7) is 4.44. The maximum absolute atomic E-state index is 5.80. The van der Waals surface area contributed by atoms with Gasteiger partial charge in [0.2, 0.25) is 0 Å². The molecule has 1 aromatic heterocycles. The van der Waals surface area contributed by atoms with Crippen molar-refractivity contribution in [2.45, 2.75) is 24.0 Å². The normalized spacial score (nSPS) is 10.5. The van der Waals surface area contributed by atoms with Crippen LogP contribution in [0.15, 0.2) is 39.0 Å². The van der Waals surface area contributed by atoms with Gasteiger partial charge in [0.15, 0.2) is 0 Å². The standard InChI is InChI=1S/C12H14N2O2S/c1-3-15-10-4-9(13)5-11(6-10)17-12-14-8(2)7-16-12/h4-7H,3,13H2,1-2H3. The zero-order chi connectivity index (χ0) is 12.3. The second kappa shape index (κ2) is 5.14. The summed E-state index contributed by atoms with van der Waals surface area (Å²) in [5.74, 6) is 0.762. The van der Waals surface area contributed by atoms with E-state index >= 15 is 0 Å². The molecule has 0 fully saturated rings. The highest BCUT2D eigenvalue weighted by Crippen LogP contribution is 2.31. The van der Waals surface area contributed by atoms with Crippen molar-refractivity contribution in [3.8, 4) is 5.75 Å². The van der Waals surface area contributed by atoms with Gasteiger partial charge in [-0.2, -0.15) is 0 Å². The first kappa shape index (κ1) is 11.9. The van der Waals surface area contributed by atoms with Gasteiger partial charge in [0, 0.05) is 16.6 Å². The Morgan fingerprint density at radius 1 is 1.41 bits per heavy atom. The van der Waals surface area contributed by atoms with Crippen molar-refractivity contribution < 1.29 is 9.15 Å². The van der Waals surface area contributed by atoms with E-state index in [9.17, 15) is 0 Å². The zero-order valence-electron chi connectivity index (χ0n) is 9.77. The molecule has 90 valence electrons. The van der Waals surface area contributed by atoms with Gasteiger partial charge in [-0.1, -0.05) is 0 Å². The third-order valence-electron chi connectivity index (χ3n) is 2.02. The predicted molar refractivity (Wildman–Crippen MR) is 67.4 cm³/mol. The van der Waals surface area contributed by atoms with E-state index in [1.54, 1.807) is 12.3 Å². The molecule has 1 aromatic carbocycles. The summed E-state index contributed by atoms with van der Waals surface area (Å²) >= 11 is 1.42. The second-order valence-electron chi connectivity index (χ2n) is 3.53. The van der Waals surface area contributed by atoms with Gasteiger partial charge in [0.25, 0.3) is 5.22 Å². The molecular formula is C12H14N2O2S. The van der Waals surface area contributed by atoms with Crippen molar-refractivity contribution >= 4 is 17.4 Å². The molecule has 0 aliphatic rings. The Morgan fingerprint density at radius 2 is 2.24 bits per heavy atom. The number of nitrogens with zero attached hydrogens (tertiary/aromatic N) is 1. The van der Waals surface area contributed by atoms with E-state index in [0.717, 1.165) is 16.3 Å². The van der Waals surface area contributed by atoms with Crippen LogP contribution in [0, 0.1) is 6.92 Å². The van der Waals surface area contributed by atoms with E-state index in [1.807, 2.05) is 26.0 Å². The molecule has 0 aliphatic carbocycles. The molecule has 17 heavy (non-hydrogen) atoms. The minimum atomic E-state index is 0.607. The smallest absolute Gasteiger partial charge is 0.260 e. The molecule has 4 nitrogen and oxygen atoms in total. The lowest BCUT2D eigenvalue weighted by molar-refractivity contribution is 0.339. The molecule has 5 heteroatoms. The number of nitrogen functional groups attached to an aromatic ring is 1. The number of hydrogen-bond acceptors (Lipinski definition) is 5. The van der Waals surface area contributed by atoms with Crippen LogP contribution in [-0.2, 0) is 0 Å². The van der Waals surface area contributed by atoms with Gasteiger partial charge >= 0.3 is 0 Å². The van der Waals surface area contributed by atoms with E-state index in [0.29, 0.717) is 17.5 Å². The van der Waals surface area contributed by atoms with E-state index in [2.05, 4.69) is 4.98 Å². The number of rotatable bonds is 4. The highest BCUT2D eigenvalue weighted by atomic mass is 32.2. The molecule has 2 rings (SSSR count). The average molecular weight is 250 g/mol. The van der Waals surface area contributed by atoms with Crippen LogP contribution < -0.4 is 10.5 Å². The maximum atomic E-state index is 5.80. The molecule has 0 bridgehead atoms. The van der Waals surface area contributed by atoms with Crippen LogP contribution in [0.4, 0.5) is 5.69 Å². The Kier molecular flexibility index (Phi) is 3.58. The quantitative estimate of drug-likeness (QED) is 0.845. The van der Waals surface area contributed by atoms with Crippen molar-refractivity contribution in [2.75, 3.05) is 12.3 Å². The van der Waals surface area contributed by atoms with Crippen LogP contribution in [0.3, 0.4) is 0 Å². The Morgan fingerprint density at radius 3 is 2.88 bits per heavy atom. The number of nitrogens with two attached hydrogens (primary N) is 1. The third-order valence-corrected chi connectivity index (χ3v) is 2.85. The summed E-state index contributed by atoms with van der Waals surface area (Å²) in [6, 6.07) is 5.59. The van der Waals surface area contributed by atoms with Gasteiger partial charge in [-0.3, -0.25) is 0 Å². The summed E-state index contributed by atoms with van der Waals surface area (Å²) in [7, 11) is 0. The Bertz CT molecular complexity index is 511. The molecule has 0 aliphatic heterocycles. The van der Waals surface area contributed by atoms with Crippen LogP contribution in [-0.4, -0.2) is 11.6 Å². The van der Waals surface area contributed by atoms with Gasteiger partial charge in [0.1, 0.15) is 12.0 Å². The highest BCUT2D eigenvalue weighted by molar-refractivity contribution is 7.99. The fraction of sp³-hybridized carbons (Fsp3) is 0.250. The average Bonchev–Trinajstić information content (AvgIpc) is 2.63. The number of ether oxygens (including phenoxy) is 1. The molecule has 0 saturated heterocycles. The second-order valence-corrected chi connectivity index (χ2v) is 4.55. The molecule has 2 N–H and O–H groups in total. The van der Waals surface area contributed by atoms with Crippen molar-refractivity contribution in [3.63, 3.8) is 0 Å². The molecule has 0 unspecified atom stereocenters. The van der Waals surface area contributed by atoms with Gasteiger partial charge in [-0.05, 0) is 37.7 Å². The predicted octanol–water partition coefficient (Wildman–Crippen LogP) is 3.12. The largest absolute Gasteiger partial charge is 0.494 e. The maximum Gasteiger partial charge on any atom is 0.260 e. The molecule has 1 heterocycles. The first-order valence-electron chi connectivity index (χ1n) is 5.30. The summed E-state index contributed by atoms with van der Waals surface area (Å²) in [6.07, 6.45) is 1.62. The van der Waals surface area contributed by atoms with Crippen molar-refractivity contribution in [1.29, 1.82) is 0 Å². The summed E-state index contributed by atoms with van der Waals surface area (Å²) in [4.78, 5) is 5.18. The number of aryl methyl sites for hydroxylation is 1. The van der Waals surface area contributed by atoms with Crippen molar-refractivity contribution in [2.24, 2.45) is 0 Å².